The van der Waals surface area contributed by atoms with Crippen LogP contribution in [0.5, 0.6) is 0 Å². The van der Waals surface area contributed by atoms with Crippen LogP contribution in [0.15, 0.2) is 71.9 Å². The molecule has 1 saturated heterocycles. The highest BCUT2D eigenvalue weighted by atomic mass is 32.2. The van der Waals surface area contributed by atoms with Crippen molar-refractivity contribution < 1.29 is 8.42 Å². The van der Waals surface area contributed by atoms with Crippen molar-refractivity contribution >= 4 is 15.8 Å². The van der Waals surface area contributed by atoms with E-state index in [9.17, 15) is 8.42 Å². The molecule has 0 aliphatic carbocycles. The number of nitrogens with zero attached hydrogens (tertiary/aromatic N) is 4. The predicted octanol–water partition coefficient (Wildman–Crippen LogP) is 2.96. The summed E-state index contributed by atoms with van der Waals surface area (Å²) in [5.74, 6) is 0.821. The Balaban J connectivity index is 1.49. The second kappa shape index (κ2) is 7.69. The van der Waals surface area contributed by atoms with Gasteiger partial charge in [0.1, 0.15) is 12.1 Å². The van der Waals surface area contributed by atoms with Gasteiger partial charge in [-0.25, -0.2) is 18.4 Å². The number of anilines is 1. The second-order valence-electron chi connectivity index (χ2n) is 6.84. The topological polar surface area (TPSA) is 66.4 Å². The van der Waals surface area contributed by atoms with E-state index in [1.165, 1.54) is 0 Å². The maximum absolute atomic E-state index is 12.9. The number of rotatable bonds is 4. The summed E-state index contributed by atoms with van der Waals surface area (Å²) < 4.78 is 27.4. The summed E-state index contributed by atoms with van der Waals surface area (Å²) in [6, 6.07) is 19.0. The molecule has 28 heavy (non-hydrogen) atoms. The Morgan fingerprint density at radius 2 is 1.61 bits per heavy atom. The Labute approximate surface area is 165 Å². The van der Waals surface area contributed by atoms with Gasteiger partial charge in [-0.3, -0.25) is 0 Å². The molecule has 1 aliphatic rings. The third-order valence-electron chi connectivity index (χ3n) is 4.91. The first kappa shape index (κ1) is 18.6. The van der Waals surface area contributed by atoms with Crippen LogP contribution in [0.25, 0.3) is 11.3 Å². The largest absolute Gasteiger partial charge is 0.354 e. The minimum absolute atomic E-state index is 0.356. The van der Waals surface area contributed by atoms with Gasteiger partial charge in [0.15, 0.2) is 0 Å². The second-order valence-corrected chi connectivity index (χ2v) is 8.77. The normalized spacial score (nSPS) is 15.5. The molecule has 1 fully saturated rings. The van der Waals surface area contributed by atoms with Crippen molar-refractivity contribution in [2.24, 2.45) is 0 Å². The zero-order valence-corrected chi connectivity index (χ0v) is 16.5. The van der Waals surface area contributed by atoms with Crippen LogP contribution < -0.4 is 4.90 Å². The molecule has 7 heteroatoms. The van der Waals surface area contributed by atoms with E-state index in [0.717, 1.165) is 22.6 Å². The summed E-state index contributed by atoms with van der Waals surface area (Å²) in [7, 11) is -3.47. The highest BCUT2D eigenvalue weighted by Crippen LogP contribution is 2.23. The molecule has 0 amide bonds. The first-order valence-corrected chi connectivity index (χ1v) is 10.7. The van der Waals surface area contributed by atoms with Crippen LogP contribution in [0.4, 0.5) is 5.82 Å². The van der Waals surface area contributed by atoms with Gasteiger partial charge in [-0.1, -0.05) is 42.5 Å². The maximum atomic E-state index is 12.9. The van der Waals surface area contributed by atoms with Crippen molar-refractivity contribution in [2.45, 2.75) is 11.8 Å². The summed E-state index contributed by atoms with van der Waals surface area (Å²) >= 11 is 0. The Morgan fingerprint density at radius 1 is 0.857 bits per heavy atom. The van der Waals surface area contributed by atoms with Crippen LogP contribution >= 0.6 is 0 Å². The van der Waals surface area contributed by atoms with Crippen LogP contribution in [0, 0.1) is 6.92 Å². The average molecular weight is 395 g/mol. The Hall–Kier alpha value is -2.77. The predicted molar refractivity (Wildman–Crippen MR) is 110 cm³/mol. The monoisotopic (exact) mass is 394 g/mol. The van der Waals surface area contributed by atoms with Gasteiger partial charge in [-0.15, -0.1) is 0 Å². The summed E-state index contributed by atoms with van der Waals surface area (Å²) in [6.45, 7) is 3.95. The van der Waals surface area contributed by atoms with Gasteiger partial charge in [0, 0.05) is 37.8 Å². The minimum Gasteiger partial charge on any atom is -0.354 e. The van der Waals surface area contributed by atoms with Gasteiger partial charge in [-0.05, 0) is 24.6 Å². The maximum Gasteiger partial charge on any atom is 0.243 e. The van der Waals surface area contributed by atoms with Crippen molar-refractivity contribution in [3.8, 4) is 11.3 Å². The van der Waals surface area contributed by atoms with E-state index in [2.05, 4.69) is 14.9 Å². The molecule has 144 valence electrons. The fourth-order valence-electron chi connectivity index (χ4n) is 3.37. The number of hydrogen-bond donors (Lipinski definition) is 0. The first-order valence-electron chi connectivity index (χ1n) is 9.23. The summed E-state index contributed by atoms with van der Waals surface area (Å²) in [5.41, 5.74) is 2.83. The van der Waals surface area contributed by atoms with E-state index < -0.39 is 10.0 Å². The Kier molecular flexibility index (Phi) is 5.11. The highest BCUT2D eigenvalue weighted by Gasteiger charge is 2.29. The van der Waals surface area contributed by atoms with E-state index in [0.29, 0.717) is 31.1 Å². The van der Waals surface area contributed by atoms with Gasteiger partial charge >= 0.3 is 0 Å². The van der Waals surface area contributed by atoms with Crippen LogP contribution in [-0.2, 0) is 10.0 Å². The van der Waals surface area contributed by atoms with Crippen molar-refractivity contribution in [2.75, 3.05) is 31.1 Å². The average Bonchev–Trinajstić information content (AvgIpc) is 2.74. The van der Waals surface area contributed by atoms with Crippen molar-refractivity contribution in [3.05, 3.63) is 72.6 Å². The molecule has 0 radical (unpaired) electrons. The van der Waals surface area contributed by atoms with E-state index in [1.54, 1.807) is 28.8 Å². The lowest BCUT2D eigenvalue weighted by Gasteiger charge is -2.34. The lowest BCUT2D eigenvalue weighted by molar-refractivity contribution is 0.383. The SMILES string of the molecule is Cc1cccc(S(=O)(=O)N2CCN(c3cc(-c4ccccc4)ncn3)CC2)c1. The van der Waals surface area contributed by atoms with Gasteiger partial charge < -0.3 is 4.90 Å². The van der Waals surface area contributed by atoms with E-state index in [-0.39, 0.29) is 0 Å². The van der Waals surface area contributed by atoms with Crippen LogP contribution in [0.3, 0.4) is 0 Å². The van der Waals surface area contributed by atoms with Gasteiger partial charge in [-0.2, -0.15) is 4.31 Å². The highest BCUT2D eigenvalue weighted by molar-refractivity contribution is 7.89. The van der Waals surface area contributed by atoms with Crippen molar-refractivity contribution in [1.82, 2.24) is 14.3 Å². The lowest BCUT2D eigenvalue weighted by Crippen LogP contribution is -2.48. The van der Waals surface area contributed by atoms with E-state index in [1.807, 2.05) is 49.4 Å². The number of aromatic nitrogens is 2. The molecule has 1 aliphatic heterocycles. The molecule has 0 atom stereocenters. The Bertz CT molecular complexity index is 1060. The molecular formula is C21H22N4O2S. The molecule has 4 rings (SSSR count). The minimum atomic E-state index is -3.47. The molecule has 0 bridgehead atoms. The number of benzene rings is 2. The summed E-state index contributed by atoms with van der Waals surface area (Å²) in [4.78, 5) is 11.2. The summed E-state index contributed by atoms with van der Waals surface area (Å²) in [6.07, 6.45) is 1.56. The van der Waals surface area contributed by atoms with E-state index >= 15 is 0 Å². The number of aryl methyl sites for hydroxylation is 1. The fourth-order valence-corrected chi connectivity index (χ4v) is 4.90. The van der Waals surface area contributed by atoms with Crippen molar-refractivity contribution in [3.63, 3.8) is 0 Å². The molecule has 3 aromatic rings. The molecule has 0 spiro atoms. The number of piperazine rings is 1. The van der Waals surface area contributed by atoms with Crippen LogP contribution in [0.1, 0.15) is 5.56 Å². The third kappa shape index (κ3) is 3.76. The zero-order chi connectivity index (χ0) is 19.6. The molecule has 6 nitrogen and oxygen atoms in total. The smallest absolute Gasteiger partial charge is 0.243 e. The van der Waals surface area contributed by atoms with Gasteiger partial charge in [0.2, 0.25) is 10.0 Å². The number of sulfonamides is 1. The van der Waals surface area contributed by atoms with Crippen LogP contribution in [0.2, 0.25) is 0 Å². The van der Waals surface area contributed by atoms with Gasteiger partial charge in [0.25, 0.3) is 0 Å². The van der Waals surface area contributed by atoms with E-state index in [4.69, 9.17) is 0 Å². The molecular weight excluding hydrogens is 372 g/mol. The lowest BCUT2D eigenvalue weighted by atomic mass is 10.1. The first-order chi connectivity index (χ1) is 13.5. The zero-order valence-electron chi connectivity index (χ0n) is 15.7. The molecule has 0 unspecified atom stereocenters. The Morgan fingerprint density at radius 3 is 2.32 bits per heavy atom. The standard InChI is InChI=1S/C21H22N4O2S/c1-17-6-5-9-19(14-17)28(26,27)25-12-10-24(11-13-25)21-15-20(22-16-23-21)18-7-3-2-4-8-18/h2-9,14-16H,10-13H2,1H3. The fraction of sp³-hybridized carbons (Fsp3) is 0.238. The van der Waals surface area contributed by atoms with Crippen LogP contribution in [-0.4, -0.2) is 48.9 Å². The molecule has 2 heterocycles. The van der Waals surface area contributed by atoms with Gasteiger partial charge in [0.05, 0.1) is 10.6 Å². The van der Waals surface area contributed by atoms with Crippen molar-refractivity contribution in [1.29, 1.82) is 0 Å². The molecule has 2 aromatic carbocycles. The third-order valence-corrected chi connectivity index (χ3v) is 6.81. The number of hydrogen-bond acceptors (Lipinski definition) is 5. The summed E-state index contributed by atoms with van der Waals surface area (Å²) in [5, 5.41) is 0. The molecule has 0 N–H and O–H groups in total. The molecule has 1 aromatic heterocycles. The molecule has 0 saturated carbocycles. The quantitative estimate of drug-likeness (QED) is 0.681.